The number of para-hydroxylation sites is 1. The molecule has 0 bridgehead atoms. The molecule has 116 valence electrons. The highest BCUT2D eigenvalue weighted by Crippen LogP contribution is 2.37. The van der Waals surface area contributed by atoms with Crippen LogP contribution < -0.4 is 9.64 Å². The number of nitrogens with zero attached hydrogens (tertiary/aromatic N) is 2. The molecule has 0 radical (unpaired) electrons. The van der Waals surface area contributed by atoms with Crippen molar-refractivity contribution >= 4 is 17.3 Å². The molecule has 0 aliphatic carbocycles. The number of methoxy groups -OCH3 is 1. The van der Waals surface area contributed by atoms with Gasteiger partial charge in [0.25, 0.3) is 0 Å². The van der Waals surface area contributed by atoms with E-state index in [4.69, 9.17) is 9.84 Å². The lowest BCUT2D eigenvalue weighted by atomic mass is 10.1. The average Bonchev–Trinajstić information content (AvgIpc) is 2.41. The minimum absolute atomic E-state index is 0.00426. The van der Waals surface area contributed by atoms with Crippen LogP contribution >= 0.6 is 0 Å². The van der Waals surface area contributed by atoms with E-state index in [0.29, 0.717) is 18.7 Å². The molecule has 0 aliphatic heterocycles. The molecule has 0 aromatic heterocycles. The highest BCUT2D eigenvalue weighted by molar-refractivity contribution is 5.70. The molecule has 0 fully saturated rings. The summed E-state index contributed by atoms with van der Waals surface area (Å²) in [5, 5.41) is 20.0. The summed E-state index contributed by atoms with van der Waals surface area (Å²) in [6.45, 7) is 4.24. The molecule has 7 heteroatoms. The number of anilines is 1. The Kier molecular flexibility index (Phi) is 5.95. The number of rotatable bonds is 8. The van der Waals surface area contributed by atoms with Gasteiger partial charge in [0.1, 0.15) is 5.69 Å². The fourth-order valence-corrected chi connectivity index (χ4v) is 2.15. The van der Waals surface area contributed by atoms with Gasteiger partial charge in [-0.3, -0.25) is 14.9 Å². The summed E-state index contributed by atoms with van der Waals surface area (Å²) in [4.78, 5) is 23.3. The van der Waals surface area contributed by atoms with Gasteiger partial charge in [0.2, 0.25) is 0 Å². The average molecular weight is 296 g/mol. The fourth-order valence-electron chi connectivity index (χ4n) is 2.15. The van der Waals surface area contributed by atoms with Gasteiger partial charge in [0.05, 0.1) is 12.0 Å². The quantitative estimate of drug-likeness (QED) is 0.585. The van der Waals surface area contributed by atoms with Crippen molar-refractivity contribution in [1.82, 2.24) is 0 Å². The first kappa shape index (κ1) is 16.7. The number of benzene rings is 1. The first-order valence-electron chi connectivity index (χ1n) is 6.68. The van der Waals surface area contributed by atoms with E-state index >= 15 is 0 Å². The predicted octanol–water partition coefficient (Wildman–Crippen LogP) is 2.68. The molecule has 1 aromatic rings. The Morgan fingerprint density at radius 3 is 2.62 bits per heavy atom. The van der Waals surface area contributed by atoms with Crippen molar-refractivity contribution < 1.29 is 19.6 Å². The van der Waals surface area contributed by atoms with Crippen LogP contribution in [0.1, 0.15) is 26.7 Å². The zero-order valence-corrected chi connectivity index (χ0v) is 12.4. The van der Waals surface area contributed by atoms with Crippen LogP contribution in [0.2, 0.25) is 0 Å². The number of nitro groups is 1. The Labute approximate surface area is 123 Å². The van der Waals surface area contributed by atoms with Crippen LogP contribution in [0.4, 0.5) is 11.4 Å². The fraction of sp³-hybridized carbons (Fsp3) is 0.500. The van der Waals surface area contributed by atoms with Gasteiger partial charge in [-0.05, 0) is 32.4 Å². The first-order chi connectivity index (χ1) is 9.88. The molecule has 0 spiro atoms. The molecule has 0 unspecified atom stereocenters. The zero-order valence-electron chi connectivity index (χ0n) is 12.4. The predicted molar refractivity (Wildman–Crippen MR) is 79.0 cm³/mol. The van der Waals surface area contributed by atoms with Crippen LogP contribution in [0, 0.1) is 10.1 Å². The molecule has 21 heavy (non-hydrogen) atoms. The maximum absolute atomic E-state index is 11.3. The molecule has 1 N–H and O–H groups in total. The summed E-state index contributed by atoms with van der Waals surface area (Å²) >= 11 is 0. The van der Waals surface area contributed by atoms with E-state index in [0.717, 1.165) is 0 Å². The van der Waals surface area contributed by atoms with Crippen molar-refractivity contribution in [2.24, 2.45) is 0 Å². The van der Waals surface area contributed by atoms with Crippen LogP contribution in [-0.2, 0) is 4.79 Å². The summed E-state index contributed by atoms with van der Waals surface area (Å²) < 4.78 is 5.06. The molecule has 0 saturated carbocycles. The smallest absolute Gasteiger partial charge is 0.333 e. The number of nitro benzene ring substituents is 1. The minimum atomic E-state index is -0.876. The van der Waals surface area contributed by atoms with E-state index in [1.165, 1.54) is 13.2 Å². The number of aliphatic carboxylic acids is 1. The Hall–Kier alpha value is -2.31. The Balaban J connectivity index is 3.13. The second-order valence-electron chi connectivity index (χ2n) is 4.87. The van der Waals surface area contributed by atoms with Crippen LogP contribution in [0.25, 0.3) is 0 Å². The molecular formula is C14H20N2O5. The van der Waals surface area contributed by atoms with E-state index in [1.807, 2.05) is 18.7 Å². The van der Waals surface area contributed by atoms with Gasteiger partial charge in [-0.25, -0.2) is 0 Å². The molecule has 0 amide bonds. The third-order valence-corrected chi connectivity index (χ3v) is 3.10. The molecule has 1 aromatic carbocycles. The lowest BCUT2D eigenvalue weighted by Crippen LogP contribution is -2.32. The second kappa shape index (κ2) is 7.47. The number of carboxylic acid groups (broad SMARTS) is 1. The van der Waals surface area contributed by atoms with E-state index in [9.17, 15) is 14.9 Å². The van der Waals surface area contributed by atoms with Crippen molar-refractivity contribution in [2.45, 2.75) is 32.7 Å². The number of hydrogen-bond donors (Lipinski definition) is 1. The van der Waals surface area contributed by atoms with E-state index in [1.54, 1.807) is 12.1 Å². The van der Waals surface area contributed by atoms with Crippen molar-refractivity contribution in [2.75, 3.05) is 18.6 Å². The summed E-state index contributed by atoms with van der Waals surface area (Å²) in [6.07, 6.45) is 0.447. The van der Waals surface area contributed by atoms with Gasteiger partial charge >= 0.3 is 11.7 Å². The molecule has 1 rings (SSSR count). The molecule has 0 heterocycles. The minimum Gasteiger partial charge on any atom is -0.490 e. The van der Waals surface area contributed by atoms with Gasteiger partial charge < -0.3 is 14.7 Å². The Bertz CT molecular complexity index is 516. The third-order valence-electron chi connectivity index (χ3n) is 3.10. The summed E-state index contributed by atoms with van der Waals surface area (Å²) in [6, 6.07) is 4.89. The van der Waals surface area contributed by atoms with E-state index < -0.39 is 10.9 Å². The first-order valence-corrected chi connectivity index (χ1v) is 6.68. The Morgan fingerprint density at radius 2 is 2.14 bits per heavy atom. The lowest BCUT2D eigenvalue weighted by Gasteiger charge is -2.28. The van der Waals surface area contributed by atoms with Crippen LogP contribution in [-0.4, -0.2) is 35.7 Å². The summed E-state index contributed by atoms with van der Waals surface area (Å²) in [7, 11) is 1.39. The number of carbonyl (C=O) groups is 1. The van der Waals surface area contributed by atoms with E-state index in [2.05, 4.69) is 0 Å². The van der Waals surface area contributed by atoms with Gasteiger partial charge in [0.15, 0.2) is 5.75 Å². The highest BCUT2D eigenvalue weighted by atomic mass is 16.6. The van der Waals surface area contributed by atoms with Gasteiger partial charge in [-0.1, -0.05) is 6.07 Å². The summed E-state index contributed by atoms with van der Waals surface area (Å²) in [5.41, 5.74) is 0.351. The normalized spacial score (nSPS) is 10.5. The van der Waals surface area contributed by atoms with Crippen molar-refractivity contribution in [3.63, 3.8) is 0 Å². The number of hydrogen-bond acceptors (Lipinski definition) is 5. The Morgan fingerprint density at radius 1 is 1.48 bits per heavy atom. The van der Waals surface area contributed by atoms with Crippen molar-refractivity contribution in [1.29, 1.82) is 0 Å². The summed E-state index contributed by atoms with van der Waals surface area (Å²) in [5.74, 6) is -0.680. The van der Waals surface area contributed by atoms with Gasteiger partial charge in [-0.2, -0.15) is 0 Å². The van der Waals surface area contributed by atoms with Gasteiger partial charge in [-0.15, -0.1) is 0 Å². The largest absolute Gasteiger partial charge is 0.490 e. The lowest BCUT2D eigenvalue weighted by molar-refractivity contribution is -0.385. The topological polar surface area (TPSA) is 92.9 Å². The number of carboxylic acids is 1. The highest BCUT2D eigenvalue weighted by Gasteiger charge is 2.25. The maximum Gasteiger partial charge on any atom is 0.333 e. The molecule has 0 saturated heterocycles. The molecule has 0 aliphatic rings. The van der Waals surface area contributed by atoms with Crippen molar-refractivity contribution in [3.8, 4) is 5.75 Å². The van der Waals surface area contributed by atoms with Crippen molar-refractivity contribution in [3.05, 3.63) is 28.3 Å². The van der Waals surface area contributed by atoms with Crippen LogP contribution in [0.5, 0.6) is 5.75 Å². The molecule has 7 nitrogen and oxygen atoms in total. The SMILES string of the molecule is COc1cccc(N(CCCC(=O)O)C(C)C)c1[N+](=O)[O-]. The van der Waals surface area contributed by atoms with Gasteiger partial charge in [0, 0.05) is 19.0 Å². The zero-order chi connectivity index (χ0) is 16.0. The second-order valence-corrected chi connectivity index (χ2v) is 4.87. The monoisotopic (exact) mass is 296 g/mol. The van der Waals surface area contributed by atoms with E-state index in [-0.39, 0.29) is 23.9 Å². The molecule has 0 atom stereocenters. The number of ether oxygens (including phenoxy) is 1. The molecular weight excluding hydrogens is 276 g/mol. The van der Waals surface area contributed by atoms with Crippen LogP contribution in [0.3, 0.4) is 0 Å². The standard InChI is InChI=1S/C14H20N2O5/c1-10(2)15(9-5-8-13(17)18)11-6-4-7-12(21-3)14(11)16(19)20/h4,6-7,10H,5,8-9H2,1-3H3,(H,17,18). The maximum atomic E-state index is 11.3. The van der Waals surface area contributed by atoms with Crippen LogP contribution in [0.15, 0.2) is 18.2 Å². The third kappa shape index (κ3) is 4.34.